The third-order valence-electron chi connectivity index (χ3n) is 4.89. The lowest BCUT2D eigenvalue weighted by Crippen LogP contribution is -2.52. The predicted octanol–water partition coefficient (Wildman–Crippen LogP) is 2.52. The standard InChI is InChI=1S/C21H27FN4O/c1-16-4-3-5-19(12-16)25-8-10-26(11-9-25)21(23-2)24-14-17-6-7-20(22)18(13-17)15-27/h3-7,12-13,27H,8-11,14-15H2,1-2H3,(H,23,24). The van der Waals surface area contributed by atoms with Crippen molar-refractivity contribution in [1.82, 2.24) is 10.2 Å². The van der Waals surface area contributed by atoms with E-state index in [0.717, 1.165) is 37.7 Å². The summed E-state index contributed by atoms with van der Waals surface area (Å²) < 4.78 is 13.5. The molecule has 5 nitrogen and oxygen atoms in total. The maximum atomic E-state index is 13.5. The summed E-state index contributed by atoms with van der Waals surface area (Å²) in [6, 6.07) is 13.4. The van der Waals surface area contributed by atoms with Crippen LogP contribution >= 0.6 is 0 Å². The SMILES string of the molecule is CN=C(NCc1ccc(F)c(CO)c1)N1CCN(c2cccc(C)c2)CC1. The second-order valence-electron chi connectivity index (χ2n) is 6.80. The molecule has 6 heteroatoms. The molecule has 1 fully saturated rings. The first-order valence-corrected chi connectivity index (χ1v) is 9.26. The van der Waals surface area contributed by atoms with Gasteiger partial charge >= 0.3 is 0 Å². The molecule has 2 aromatic carbocycles. The fourth-order valence-corrected chi connectivity index (χ4v) is 3.37. The third kappa shape index (κ3) is 4.77. The van der Waals surface area contributed by atoms with Gasteiger partial charge in [0.25, 0.3) is 0 Å². The number of aliphatic hydroxyl groups excluding tert-OH is 1. The van der Waals surface area contributed by atoms with Crippen molar-refractivity contribution in [2.75, 3.05) is 38.1 Å². The molecule has 0 bridgehead atoms. The summed E-state index contributed by atoms with van der Waals surface area (Å²) in [7, 11) is 1.78. The molecule has 2 N–H and O–H groups in total. The van der Waals surface area contributed by atoms with Crippen LogP contribution in [0, 0.1) is 12.7 Å². The number of aliphatic hydroxyl groups is 1. The van der Waals surface area contributed by atoms with Crippen LogP contribution in [0.3, 0.4) is 0 Å². The van der Waals surface area contributed by atoms with Gasteiger partial charge < -0.3 is 20.2 Å². The van der Waals surface area contributed by atoms with Gasteiger partial charge in [0.2, 0.25) is 0 Å². The Morgan fingerprint density at radius 3 is 2.59 bits per heavy atom. The van der Waals surface area contributed by atoms with E-state index in [4.69, 9.17) is 0 Å². The van der Waals surface area contributed by atoms with Gasteiger partial charge in [0, 0.05) is 51.0 Å². The van der Waals surface area contributed by atoms with E-state index < -0.39 is 0 Å². The Morgan fingerprint density at radius 2 is 1.93 bits per heavy atom. The zero-order chi connectivity index (χ0) is 19.2. The van der Waals surface area contributed by atoms with Crippen LogP contribution in [0.2, 0.25) is 0 Å². The number of hydrogen-bond acceptors (Lipinski definition) is 3. The Morgan fingerprint density at radius 1 is 1.15 bits per heavy atom. The molecular formula is C21H27FN4O. The van der Waals surface area contributed by atoms with Crippen LogP contribution in [0.1, 0.15) is 16.7 Å². The Kier molecular flexibility index (Phi) is 6.29. The minimum atomic E-state index is -0.377. The summed E-state index contributed by atoms with van der Waals surface area (Å²) in [5, 5.41) is 12.6. The molecule has 2 aromatic rings. The lowest BCUT2D eigenvalue weighted by atomic mass is 10.1. The van der Waals surface area contributed by atoms with Crippen molar-refractivity contribution in [2.45, 2.75) is 20.1 Å². The number of rotatable bonds is 4. The number of hydrogen-bond donors (Lipinski definition) is 2. The minimum Gasteiger partial charge on any atom is -0.392 e. The second kappa shape index (κ2) is 8.86. The van der Waals surface area contributed by atoms with E-state index >= 15 is 0 Å². The van der Waals surface area contributed by atoms with Crippen molar-refractivity contribution < 1.29 is 9.50 Å². The maximum Gasteiger partial charge on any atom is 0.194 e. The van der Waals surface area contributed by atoms with Crippen LogP contribution in [0.5, 0.6) is 0 Å². The number of guanidine groups is 1. The second-order valence-corrected chi connectivity index (χ2v) is 6.80. The topological polar surface area (TPSA) is 51.1 Å². The molecule has 1 aliphatic heterocycles. The zero-order valence-corrected chi connectivity index (χ0v) is 16.0. The number of nitrogens with zero attached hydrogens (tertiary/aromatic N) is 3. The number of nitrogens with one attached hydrogen (secondary N) is 1. The summed E-state index contributed by atoms with van der Waals surface area (Å²) in [5.74, 6) is 0.465. The molecule has 0 unspecified atom stereocenters. The van der Waals surface area contributed by atoms with Crippen LogP contribution in [-0.2, 0) is 13.2 Å². The Balaban J connectivity index is 1.56. The van der Waals surface area contributed by atoms with Crippen molar-refractivity contribution in [3.8, 4) is 0 Å². The van der Waals surface area contributed by atoms with E-state index in [1.54, 1.807) is 19.2 Å². The van der Waals surface area contributed by atoms with Crippen LogP contribution in [0.25, 0.3) is 0 Å². The van der Waals surface area contributed by atoms with E-state index in [1.807, 2.05) is 0 Å². The van der Waals surface area contributed by atoms with Crippen LogP contribution in [0.4, 0.5) is 10.1 Å². The van der Waals surface area contributed by atoms with E-state index in [-0.39, 0.29) is 12.4 Å². The smallest absolute Gasteiger partial charge is 0.194 e. The van der Waals surface area contributed by atoms with Crippen LogP contribution in [-0.4, -0.2) is 49.2 Å². The van der Waals surface area contributed by atoms with Gasteiger partial charge in [0.15, 0.2) is 5.96 Å². The molecule has 0 aromatic heterocycles. The van der Waals surface area contributed by atoms with E-state index in [0.29, 0.717) is 12.1 Å². The van der Waals surface area contributed by atoms with Crippen LogP contribution in [0.15, 0.2) is 47.5 Å². The molecule has 0 atom stereocenters. The Bertz CT molecular complexity index is 801. The highest BCUT2D eigenvalue weighted by molar-refractivity contribution is 5.80. The Labute approximate surface area is 160 Å². The summed E-state index contributed by atoms with van der Waals surface area (Å²) in [4.78, 5) is 9.02. The van der Waals surface area contributed by atoms with E-state index in [2.05, 4.69) is 51.3 Å². The summed E-state index contributed by atoms with van der Waals surface area (Å²) in [5.41, 5.74) is 3.77. The van der Waals surface area contributed by atoms with Gasteiger partial charge in [-0.1, -0.05) is 18.2 Å². The fourth-order valence-electron chi connectivity index (χ4n) is 3.37. The number of halogens is 1. The number of aryl methyl sites for hydroxylation is 1. The number of benzene rings is 2. The average molecular weight is 370 g/mol. The largest absolute Gasteiger partial charge is 0.392 e. The predicted molar refractivity (Wildman–Crippen MR) is 107 cm³/mol. The average Bonchev–Trinajstić information content (AvgIpc) is 2.70. The first-order chi connectivity index (χ1) is 13.1. The van der Waals surface area contributed by atoms with E-state index in [1.165, 1.54) is 17.3 Å². The quantitative estimate of drug-likeness (QED) is 0.641. The molecule has 0 aliphatic carbocycles. The monoisotopic (exact) mass is 370 g/mol. The molecular weight excluding hydrogens is 343 g/mol. The molecule has 3 rings (SSSR count). The first kappa shape index (κ1) is 19.2. The summed E-state index contributed by atoms with van der Waals surface area (Å²) in [6.45, 7) is 6.01. The molecule has 27 heavy (non-hydrogen) atoms. The van der Waals surface area contributed by atoms with Gasteiger partial charge in [0.1, 0.15) is 5.82 Å². The lowest BCUT2D eigenvalue weighted by Gasteiger charge is -2.37. The van der Waals surface area contributed by atoms with Gasteiger partial charge in [0.05, 0.1) is 6.61 Å². The fraction of sp³-hybridized carbons (Fsp3) is 0.381. The third-order valence-corrected chi connectivity index (χ3v) is 4.89. The molecule has 1 heterocycles. The van der Waals surface area contributed by atoms with Crippen molar-refractivity contribution in [1.29, 1.82) is 0 Å². The molecule has 0 radical (unpaired) electrons. The first-order valence-electron chi connectivity index (χ1n) is 9.26. The van der Waals surface area contributed by atoms with Crippen LogP contribution < -0.4 is 10.2 Å². The number of piperazine rings is 1. The van der Waals surface area contributed by atoms with Gasteiger partial charge in [-0.05, 0) is 42.3 Å². The maximum absolute atomic E-state index is 13.5. The van der Waals surface area contributed by atoms with Gasteiger partial charge in [-0.3, -0.25) is 4.99 Å². The normalized spacial score (nSPS) is 15.2. The van der Waals surface area contributed by atoms with Crippen molar-refractivity contribution >= 4 is 11.6 Å². The summed E-state index contributed by atoms with van der Waals surface area (Å²) >= 11 is 0. The van der Waals surface area contributed by atoms with Gasteiger partial charge in [-0.2, -0.15) is 0 Å². The highest BCUT2D eigenvalue weighted by Crippen LogP contribution is 2.18. The molecule has 0 spiro atoms. The molecule has 0 amide bonds. The van der Waals surface area contributed by atoms with Crippen molar-refractivity contribution in [2.24, 2.45) is 4.99 Å². The Hall–Kier alpha value is -2.60. The molecule has 1 saturated heterocycles. The summed E-state index contributed by atoms with van der Waals surface area (Å²) in [6.07, 6.45) is 0. The van der Waals surface area contributed by atoms with E-state index in [9.17, 15) is 9.50 Å². The van der Waals surface area contributed by atoms with Crippen molar-refractivity contribution in [3.05, 3.63) is 65.0 Å². The van der Waals surface area contributed by atoms with Gasteiger partial charge in [-0.25, -0.2) is 4.39 Å². The number of aliphatic imine (C=N–C) groups is 1. The molecule has 0 saturated carbocycles. The highest BCUT2D eigenvalue weighted by atomic mass is 19.1. The molecule has 144 valence electrons. The minimum absolute atomic E-state index is 0.296. The highest BCUT2D eigenvalue weighted by Gasteiger charge is 2.19. The molecule has 1 aliphatic rings. The van der Waals surface area contributed by atoms with Gasteiger partial charge in [-0.15, -0.1) is 0 Å². The van der Waals surface area contributed by atoms with Crippen molar-refractivity contribution in [3.63, 3.8) is 0 Å². The zero-order valence-electron chi connectivity index (χ0n) is 16.0. The number of anilines is 1. The lowest BCUT2D eigenvalue weighted by molar-refractivity contribution is 0.275.